The standard InChI is InChI=1S/C60H114O6S6/c1-7-13-19-25-31-37-43-49-67(61)55-56(68(62)50-44-38-32-26-20-14-8-2)58(70(64)52-46-40-34-28-22-16-10-4)60(72(66)54-48-42-36-30-24-18-12-6)59(71(65)53-47-41-35-29-23-17-11-5)57(55)69(63)51-45-39-33-27-21-15-9-3/h7-54H2,1-6H3. The zero-order chi connectivity index (χ0) is 52.9. The summed E-state index contributed by atoms with van der Waals surface area (Å²) in [5.41, 5.74) is 0. The smallest absolute Gasteiger partial charge is 0.273 e. The monoisotopic (exact) mass is 1120 g/mol. The Hall–Kier alpha value is 1.08. The summed E-state index contributed by atoms with van der Waals surface area (Å²) in [6, 6.07) is 0. The van der Waals surface area contributed by atoms with E-state index in [9.17, 15) is 0 Å². The minimum absolute atomic E-state index is 0.283. The van der Waals surface area contributed by atoms with E-state index in [1.54, 1.807) is 0 Å². The fourth-order valence-corrected chi connectivity index (χ4v) is 21.1. The van der Waals surface area contributed by atoms with Crippen LogP contribution in [0.2, 0.25) is 0 Å². The summed E-state index contributed by atoms with van der Waals surface area (Å²) in [6.07, 6.45) is 44.1. The molecule has 1 aromatic rings. The van der Waals surface area contributed by atoms with Crippen molar-refractivity contribution in [3.63, 3.8) is 0 Å². The highest BCUT2D eigenvalue weighted by molar-refractivity contribution is 7.99. The van der Waals surface area contributed by atoms with Crippen LogP contribution in [0.15, 0.2) is 29.4 Å². The Labute approximate surface area is 466 Å². The third-order valence-corrected chi connectivity index (χ3v) is 24.1. The first-order chi connectivity index (χ1) is 35.2. The van der Waals surface area contributed by atoms with Crippen LogP contribution in [0.5, 0.6) is 0 Å². The Kier molecular flexibility index (Phi) is 49.7. The Morgan fingerprint density at radius 2 is 0.264 bits per heavy atom. The molecule has 426 valence electrons. The van der Waals surface area contributed by atoms with Gasteiger partial charge in [-0.15, -0.1) is 0 Å². The van der Waals surface area contributed by atoms with Crippen LogP contribution >= 0.6 is 0 Å². The normalized spacial score (nSPS) is 14.5. The lowest BCUT2D eigenvalue weighted by Crippen LogP contribution is -2.30. The fraction of sp³-hybridized carbons (Fsp3) is 0.900. The van der Waals surface area contributed by atoms with Gasteiger partial charge in [-0.25, -0.2) is 0 Å². The number of benzene rings is 1. The molecule has 12 heteroatoms. The predicted octanol–water partition coefficient (Wildman–Crippen LogP) is 18.8. The maximum atomic E-state index is 15.5. The summed E-state index contributed by atoms with van der Waals surface area (Å²) in [4.78, 5) is 1.70. The highest BCUT2D eigenvalue weighted by atomic mass is 32.2. The van der Waals surface area contributed by atoms with E-state index in [0.717, 1.165) is 116 Å². The molecule has 6 unspecified atom stereocenters. The fourth-order valence-electron chi connectivity index (χ4n) is 9.61. The van der Waals surface area contributed by atoms with Gasteiger partial charge in [0.15, 0.2) is 0 Å². The van der Waals surface area contributed by atoms with Crippen molar-refractivity contribution < 1.29 is 27.3 Å². The van der Waals surface area contributed by atoms with Crippen LogP contribution in [0.3, 0.4) is 0 Å². The lowest BCUT2D eigenvalue weighted by molar-refractivity contribution is 0.531. The summed E-state index contributed by atoms with van der Waals surface area (Å²) >= 11 is -10.5. The van der Waals surface area contributed by atoms with Gasteiger partial charge in [-0.05, 0) is 144 Å². The maximum Gasteiger partial charge on any atom is 0.273 e. The molecule has 0 aromatic heterocycles. The van der Waals surface area contributed by atoms with Crippen LogP contribution in [0.25, 0.3) is 0 Å². The van der Waals surface area contributed by atoms with Crippen molar-refractivity contribution in [2.75, 3.05) is 34.5 Å². The molecule has 0 spiro atoms. The van der Waals surface area contributed by atoms with Gasteiger partial charge in [0, 0.05) is 0 Å². The molecule has 1 aromatic carbocycles. The molecule has 6 nitrogen and oxygen atoms in total. The summed E-state index contributed by atoms with van der Waals surface area (Å²) in [5, 5.41) is 0. The Bertz CT molecular complexity index is 1080. The van der Waals surface area contributed by atoms with Crippen LogP contribution < -0.4 is 0 Å². The van der Waals surface area contributed by atoms with Crippen molar-refractivity contribution in [2.24, 2.45) is 0 Å². The number of rotatable bonds is 54. The van der Waals surface area contributed by atoms with Gasteiger partial charge < -0.3 is 27.3 Å². The van der Waals surface area contributed by atoms with E-state index in [2.05, 4.69) is 41.5 Å². The van der Waals surface area contributed by atoms with Crippen molar-refractivity contribution >= 4 is 67.1 Å². The van der Waals surface area contributed by atoms with E-state index in [4.69, 9.17) is 0 Å². The van der Waals surface area contributed by atoms with Crippen LogP contribution in [-0.4, -0.2) is 61.8 Å². The first-order valence-corrected chi connectivity index (χ1v) is 38.6. The van der Waals surface area contributed by atoms with Gasteiger partial charge in [-0.1, -0.05) is 234 Å². The van der Waals surface area contributed by atoms with Crippen LogP contribution in [-0.2, 0) is 67.1 Å². The number of hydrogen-bond acceptors (Lipinski definition) is 6. The van der Waals surface area contributed by atoms with Crippen molar-refractivity contribution in [3.8, 4) is 0 Å². The average molecular weight is 1120 g/mol. The van der Waals surface area contributed by atoms with E-state index >= 15 is 27.3 Å². The molecule has 72 heavy (non-hydrogen) atoms. The van der Waals surface area contributed by atoms with Gasteiger partial charge in [0.25, 0.3) is 29.4 Å². The second-order valence-electron chi connectivity index (χ2n) is 21.0. The zero-order valence-corrected chi connectivity index (χ0v) is 52.7. The molecule has 0 saturated heterocycles. The van der Waals surface area contributed by atoms with Crippen LogP contribution in [0, 0.1) is 0 Å². The van der Waals surface area contributed by atoms with Crippen molar-refractivity contribution in [3.05, 3.63) is 0 Å². The van der Waals surface area contributed by atoms with Crippen LogP contribution in [0.1, 0.15) is 311 Å². The van der Waals surface area contributed by atoms with Gasteiger partial charge in [0.2, 0.25) is 0 Å². The molecule has 6 atom stereocenters. The lowest BCUT2D eigenvalue weighted by Gasteiger charge is -2.27. The molecule has 0 N–H and O–H groups in total. The Morgan fingerprint density at radius 3 is 0.375 bits per heavy atom. The molecule has 1 rings (SSSR count). The lowest BCUT2D eigenvalue weighted by atomic mass is 10.1. The van der Waals surface area contributed by atoms with Crippen molar-refractivity contribution in [2.45, 2.75) is 341 Å². The SMILES string of the molecule is CCCCCCCCC[S+]([O-])c1c([S+]([O-])CCCCCCCCC)c([S+]([O-])CCCCCCCCC)c([S+]([O-])CCCCCCCCC)c([S+]([O-])CCCCCCCCC)c1[S+]([O-])CCCCCCCCC. The summed E-state index contributed by atoms with van der Waals surface area (Å²) < 4.78 is 92.8. The quantitative estimate of drug-likeness (QED) is 0.0470. The van der Waals surface area contributed by atoms with Gasteiger partial charge in [-0.2, -0.15) is 0 Å². The highest BCUT2D eigenvalue weighted by Gasteiger charge is 2.53. The number of hydrogen-bond donors (Lipinski definition) is 0. The van der Waals surface area contributed by atoms with E-state index in [0.29, 0.717) is 73.0 Å². The van der Waals surface area contributed by atoms with Crippen molar-refractivity contribution in [1.82, 2.24) is 0 Å². The van der Waals surface area contributed by atoms with Gasteiger partial charge in [0.1, 0.15) is 34.5 Å². The number of unbranched alkanes of at least 4 members (excludes halogenated alkanes) is 36. The molecule has 0 bridgehead atoms. The first-order valence-electron chi connectivity index (χ1n) is 30.7. The van der Waals surface area contributed by atoms with E-state index in [-0.39, 0.29) is 29.4 Å². The van der Waals surface area contributed by atoms with Gasteiger partial charge >= 0.3 is 0 Å². The zero-order valence-electron chi connectivity index (χ0n) is 47.8. The van der Waals surface area contributed by atoms with E-state index in [1.807, 2.05) is 0 Å². The third-order valence-electron chi connectivity index (χ3n) is 14.2. The average Bonchev–Trinajstić information content (AvgIpc) is 3.37. The minimum Gasteiger partial charge on any atom is -0.611 e. The van der Waals surface area contributed by atoms with Gasteiger partial charge in [0.05, 0.1) is 0 Å². The second-order valence-corrected chi connectivity index (χ2v) is 30.0. The van der Waals surface area contributed by atoms with E-state index < -0.39 is 67.1 Å². The summed E-state index contributed by atoms with van der Waals surface area (Å²) in [6.45, 7) is 13.3. The molecule has 0 radical (unpaired) electrons. The summed E-state index contributed by atoms with van der Waals surface area (Å²) in [7, 11) is 0. The Morgan fingerprint density at radius 1 is 0.167 bits per heavy atom. The summed E-state index contributed by atoms with van der Waals surface area (Å²) in [5.74, 6) is 1.86. The molecule has 0 fully saturated rings. The molecule has 0 amide bonds. The molecule has 0 aliphatic rings. The van der Waals surface area contributed by atoms with Gasteiger partial charge in [-0.3, -0.25) is 0 Å². The minimum atomic E-state index is -1.75. The Balaban J connectivity index is 4.25. The molecule has 0 aliphatic heterocycles. The molecular formula is C60H114O6S6. The predicted molar refractivity (Wildman–Crippen MR) is 322 cm³/mol. The molecule has 0 saturated carbocycles. The highest BCUT2D eigenvalue weighted by Crippen LogP contribution is 2.47. The third kappa shape index (κ3) is 32.9. The molecule has 0 heterocycles. The topological polar surface area (TPSA) is 138 Å². The van der Waals surface area contributed by atoms with E-state index in [1.165, 1.54) is 116 Å². The second kappa shape index (κ2) is 50.3. The van der Waals surface area contributed by atoms with Crippen LogP contribution in [0.4, 0.5) is 0 Å². The first kappa shape index (κ1) is 71.1. The maximum absolute atomic E-state index is 15.5. The van der Waals surface area contributed by atoms with Crippen molar-refractivity contribution in [1.29, 1.82) is 0 Å². The largest absolute Gasteiger partial charge is 0.611 e. The molecular weight excluding hydrogens is 1010 g/mol. The molecule has 0 aliphatic carbocycles.